The van der Waals surface area contributed by atoms with Gasteiger partial charge in [0.1, 0.15) is 0 Å². The zero-order valence-corrected chi connectivity index (χ0v) is 9.34. The lowest BCUT2D eigenvalue weighted by Crippen LogP contribution is -2.07. The Bertz CT molecular complexity index is 565. The first kappa shape index (κ1) is 11.1. The number of hydrogen-bond donors (Lipinski definition) is 2. The van der Waals surface area contributed by atoms with Crippen LogP contribution in [0.4, 0.5) is 5.69 Å². The molecule has 4 heteroatoms. The minimum Gasteiger partial charge on any atom is -0.476 e. The van der Waals surface area contributed by atoms with Crippen molar-refractivity contribution in [3.8, 4) is 11.1 Å². The summed E-state index contributed by atoms with van der Waals surface area (Å²) in [7, 11) is 0. The number of anilines is 1. The van der Waals surface area contributed by atoms with Crippen LogP contribution in [-0.4, -0.2) is 16.1 Å². The first-order valence-electron chi connectivity index (χ1n) is 5.15. The SMILES string of the molecule is Cc1cc(N)c(-c2ccccc2)c(C(=O)O)n1. The summed E-state index contributed by atoms with van der Waals surface area (Å²) in [6.45, 7) is 1.72. The van der Waals surface area contributed by atoms with E-state index >= 15 is 0 Å². The Hall–Kier alpha value is -2.36. The van der Waals surface area contributed by atoms with E-state index in [9.17, 15) is 4.79 Å². The van der Waals surface area contributed by atoms with Crippen molar-refractivity contribution in [1.29, 1.82) is 0 Å². The number of carboxylic acids is 1. The fraction of sp³-hybridized carbons (Fsp3) is 0.0769. The standard InChI is InChI=1S/C13H12N2O2/c1-8-7-10(14)11(12(15-8)13(16)17)9-5-3-2-4-6-9/h2-7H,1H3,(H2,14,15)(H,16,17). The van der Waals surface area contributed by atoms with E-state index in [1.807, 2.05) is 30.3 Å². The second-order valence-electron chi connectivity index (χ2n) is 3.75. The molecule has 0 saturated carbocycles. The van der Waals surface area contributed by atoms with Crippen molar-refractivity contribution in [2.45, 2.75) is 6.92 Å². The first-order valence-corrected chi connectivity index (χ1v) is 5.15. The molecule has 1 heterocycles. The third-order valence-electron chi connectivity index (χ3n) is 2.44. The molecule has 0 unspecified atom stereocenters. The van der Waals surface area contributed by atoms with Crippen LogP contribution >= 0.6 is 0 Å². The number of nitrogens with two attached hydrogens (primary N) is 1. The molecular formula is C13H12N2O2. The Labute approximate surface area is 98.7 Å². The fourth-order valence-electron chi connectivity index (χ4n) is 1.76. The number of rotatable bonds is 2. The highest BCUT2D eigenvalue weighted by molar-refractivity contribution is 5.97. The van der Waals surface area contributed by atoms with E-state index in [0.29, 0.717) is 16.9 Å². The van der Waals surface area contributed by atoms with Crippen molar-refractivity contribution in [3.63, 3.8) is 0 Å². The first-order chi connectivity index (χ1) is 8.09. The Kier molecular flexibility index (Phi) is 2.78. The van der Waals surface area contributed by atoms with Gasteiger partial charge >= 0.3 is 5.97 Å². The normalized spacial score (nSPS) is 10.2. The average molecular weight is 228 g/mol. The Morgan fingerprint density at radius 3 is 2.53 bits per heavy atom. The molecule has 0 bridgehead atoms. The van der Waals surface area contributed by atoms with Gasteiger partial charge in [0.15, 0.2) is 5.69 Å². The van der Waals surface area contributed by atoms with Crippen LogP contribution in [0.15, 0.2) is 36.4 Å². The van der Waals surface area contributed by atoms with Gasteiger partial charge in [0.2, 0.25) is 0 Å². The smallest absolute Gasteiger partial charge is 0.355 e. The number of carbonyl (C=O) groups is 1. The molecule has 0 radical (unpaired) electrons. The van der Waals surface area contributed by atoms with Crippen molar-refractivity contribution in [1.82, 2.24) is 4.98 Å². The lowest BCUT2D eigenvalue weighted by atomic mass is 10.0. The maximum atomic E-state index is 11.2. The summed E-state index contributed by atoms with van der Waals surface area (Å²) < 4.78 is 0. The van der Waals surface area contributed by atoms with Gasteiger partial charge in [0.05, 0.1) is 0 Å². The topological polar surface area (TPSA) is 76.2 Å². The minimum absolute atomic E-state index is 0.00583. The van der Waals surface area contributed by atoms with Crippen molar-refractivity contribution in [2.24, 2.45) is 0 Å². The van der Waals surface area contributed by atoms with Crippen LogP contribution in [0.5, 0.6) is 0 Å². The van der Waals surface area contributed by atoms with E-state index in [-0.39, 0.29) is 5.69 Å². The monoisotopic (exact) mass is 228 g/mol. The molecule has 3 N–H and O–H groups in total. The highest BCUT2D eigenvalue weighted by Crippen LogP contribution is 2.29. The van der Waals surface area contributed by atoms with Crippen LogP contribution in [0, 0.1) is 6.92 Å². The van der Waals surface area contributed by atoms with Crippen LogP contribution in [-0.2, 0) is 0 Å². The van der Waals surface area contributed by atoms with Crippen molar-refractivity contribution >= 4 is 11.7 Å². The van der Waals surface area contributed by atoms with Gasteiger partial charge < -0.3 is 10.8 Å². The van der Waals surface area contributed by atoms with Gasteiger partial charge in [-0.2, -0.15) is 0 Å². The summed E-state index contributed by atoms with van der Waals surface area (Å²) in [5, 5.41) is 9.16. The molecule has 0 atom stereocenters. The van der Waals surface area contributed by atoms with Gasteiger partial charge in [-0.15, -0.1) is 0 Å². The van der Waals surface area contributed by atoms with Crippen molar-refractivity contribution in [3.05, 3.63) is 47.8 Å². The number of aromatic nitrogens is 1. The van der Waals surface area contributed by atoms with E-state index < -0.39 is 5.97 Å². The molecule has 2 aromatic rings. The molecule has 0 spiro atoms. The minimum atomic E-state index is -1.07. The zero-order valence-electron chi connectivity index (χ0n) is 9.34. The van der Waals surface area contributed by atoms with E-state index in [4.69, 9.17) is 10.8 Å². The lowest BCUT2D eigenvalue weighted by Gasteiger charge is -2.10. The Balaban J connectivity index is 2.72. The molecule has 0 fully saturated rings. The molecule has 4 nitrogen and oxygen atoms in total. The molecule has 0 aliphatic heterocycles. The van der Waals surface area contributed by atoms with Gasteiger partial charge in [-0.3, -0.25) is 0 Å². The molecule has 1 aromatic carbocycles. The molecule has 1 aromatic heterocycles. The van der Waals surface area contributed by atoms with E-state index in [1.54, 1.807) is 13.0 Å². The fourth-order valence-corrected chi connectivity index (χ4v) is 1.76. The number of benzene rings is 1. The number of carboxylic acid groups (broad SMARTS) is 1. The van der Waals surface area contributed by atoms with Crippen molar-refractivity contribution < 1.29 is 9.90 Å². The summed E-state index contributed by atoms with van der Waals surface area (Å²) in [6.07, 6.45) is 0. The van der Waals surface area contributed by atoms with Crippen molar-refractivity contribution in [2.75, 3.05) is 5.73 Å². The maximum Gasteiger partial charge on any atom is 0.355 e. The average Bonchev–Trinajstić information content (AvgIpc) is 2.29. The highest BCUT2D eigenvalue weighted by atomic mass is 16.4. The van der Waals surface area contributed by atoms with Gasteiger partial charge in [0, 0.05) is 16.9 Å². The highest BCUT2D eigenvalue weighted by Gasteiger charge is 2.16. The summed E-state index contributed by atoms with van der Waals surface area (Å²) >= 11 is 0. The number of hydrogen-bond acceptors (Lipinski definition) is 3. The van der Waals surface area contributed by atoms with E-state index in [1.165, 1.54) is 0 Å². The van der Waals surface area contributed by atoms with Crippen LogP contribution in [0.1, 0.15) is 16.2 Å². The Morgan fingerprint density at radius 1 is 1.29 bits per heavy atom. The van der Waals surface area contributed by atoms with Gasteiger partial charge in [0.25, 0.3) is 0 Å². The second kappa shape index (κ2) is 4.25. The van der Waals surface area contributed by atoms with Crippen LogP contribution < -0.4 is 5.73 Å². The molecule has 0 saturated heterocycles. The van der Waals surface area contributed by atoms with Crippen LogP contribution in [0.25, 0.3) is 11.1 Å². The third kappa shape index (κ3) is 2.10. The van der Waals surface area contributed by atoms with E-state index in [2.05, 4.69) is 4.98 Å². The second-order valence-corrected chi connectivity index (χ2v) is 3.75. The summed E-state index contributed by atoms with van der Waals surface area (Å²) in [5.41, 5.74) is 8.15. The lowest BCUT2D eigenvalue weighted by molar-refractivity contribution is 0.0691. The molecule has 0 amide bonds. The van der Waals surface area contributed by atoms with E-state index in [0.717, 1.165) is 5.56 Å². The number of aryl methyl sites for hydroxylation is 1. The largest absolute Gasteiger partial charge is 0.476 e. The number of nitrogens with zero attached hydrogens (tertiary/aromatic N) is 1. The third-order valence-corrected chi connectivity index (χ3v) is 2.44. The predicted molar refractivity (Wildman–Crippen MR) is 65.8 cm³/mol. The number of pyridine rings is 1. The molecular weight excluding hydrogens is 216 g/mol. The molecule has 0 aliphatic carbocycles. The van der Waals surface area contributed by atoms with Gasteiger partial charge in [-0.25, -0.2) is 9.78 Å². The molecule has 0 aliphatic rings. The summed E-state index contributed by atoms with van der Waals surface area (Å²) in [6, 6.07) is 10.8. The molecule has 86 valence electrons. The maximum absolute atomic E-state index is 11.2. The van der Waals surface area contributed by atoms with Crippen LogP contribution in [0.3, 0.4) is 0 Å². The summed E-state index contributed by atoms with van der Waals surface area (Å²) in [5.74, 6) is -1.07. The number of aromatic carboxylic acids is 1. The molecule has 2 rings (SSSR count). The quantitative estimate of drug-likeness (QED) is 0.827. The number of nitrogen functional groups attached to an aromatic ring is 1. The van der Waals surface area contributed by atoms with Gasteiger partial charge in [-0.05, 0) is 18.6 Å². The zero-order chi connectivity index (χ0) is 12.4. The van der Waals surface area contributed by atoms with Crippen LogP contribution in [0.2, 0.25) is 0 Å². The Morgan fingerprint density at radius 2 is 1.94 bits per heavy atom. The summed E-state index contributed by atoms with van der Waals surface area (Å²) in [4.78, 5) is 15.2. The predicted octanol–water partition coefficient (Wildman–Crippen LogP) is 2.34. The van der Waals surface area contributed by atoms with Gasteiger partial charge in [-0.1, -0.05) is 30.3 Å². The molecule has 17 heavy (non-hydrogen) atoms.